The van der Waals surface area contributed by atoms with Crippen LogP contribution in [0.5, 0.6) is 0 Å². The molecule has 0 atom stereocenters. The Labute approximate surface area is 83.3 Å². The van der Waals surface area contributed by atoms with Crippen LogP contribution in [-0.4, -0.2) is 25.1 Å². The number of halogens is 2. The number of hydrogen-bond acceptors (Lipinski definition) is 2. The molecule has 0 aliphatic carbocycles. The van der Waals surface area contributed by atoms with Crippen molar-refractivity contribution in [1.29, 1.82) is 0 Å². The Morgan fingerprint density at radius 3 is 2.00 bits per heavy atom. The normalized spacial score (nSPS) is 12.3. The fourth-order valence-electron chi connectivity index (χ4n) is 1.11. The first kappa shape index (κ1) is 13.8. The Bertz CT molecular complexity index is 227. The van der Waals surface area contributed by atoms with Gasteiger partial charge in [0.15, 0.2) is 0 Å². The summed E-state index contributed by atoms with van der Waals surface area (Å²) in [4.78, 5) is 0. The highest BCUT2D eigenvalue weighted by Gasteiger charge is 2.04. The summed E-state index contributed by atoms with van der Waals surface area (Å²) in [5, 5.41) is 0. The molecule has 3 nitrogen and oxygen atoms in total. The minimum absolute atomic E-state index is 0.0850. The highest BCUT2D eigenvalue weighted by atomic mass is 32.2. The second-order valence-corrected chi connectivity index (χ2v) is 4.81. The van der Waals surface area contributed by atoms with Gasteiger partial charge in [-0.2, -0.15) is 8.42 Å². The average molecular weight is 230 g/mol. The Hall–Kier alpha value is -0.230. The van der Waals surface area contributed by atoms with Crippen LogP contribution in [0.3, 0.4) is 0 Å². The van der Waals surface area contributed by atoms with Gasteiger partial charge >= 0.3 is 0 Å². The van der Waals surface area contributed by atoms with Crippen molar-refractivity contribution in [1.82, 2.24) is 0 Å². The molecule has 0 amide bonds. The second kappa shape index (κ2) is 7.11. The van der Waals surface area contributed by atoms with E-state index in [1.165, 1.54) is 0 Å². The van der Waals surface area contributed by atoms with Crippen LogP contribution < -0.4 is 0 Å². The van der Waals surface area contributed by atoms with Gasteiger partial charge < -0.3 is 0 Å². The summed E-state index contributed by atoms with van der Waals surface area (Å²) >= 11 is 0. The van der Waals surface area contributed by atoms with Gasteiger partial charge in [-0.05, 0) is 12.8 Å². The average Bonchev–Trinajstić information content (AvgIpc) is 2.00. The van der Waals surface area contributed by atoms with Crippen molar-refractivity contribution in [3.63, 3.8) is 0 Å². The number of alkyl halides is 2. The molecular weight excluding hydrogens is 214 g/mol. The lowest BCUT2D eigenvalue weighted by molar-refractivity contribution is 0.133. The molecule has 0 aliphatic heterocycles. The molecule has 0 aromatic rings. The summed E-state index contributed by atoms with van der Waals surface area (Å²) in [5.74, 6) is -0.234. The maximum Gasteiger partial charge on any atom is 0.264 e. The van der Waals surface area contributed by atoms with E-state index in [0.29, 0.717) is 25.7 Å². The summed E-state index contributed by atoms with van der Waals surface area (Å²) in [7, 11) is -3.85. The summed E-state index contributed by atoms with van der Waals surface area (Å²) in [5.41, 5.74) is 0. The lowest BCUT2D eigenvalue weighted by Crippen LogP contribution is -2.03. The zero-order chi connectivity index (χ0) is 11.0. The standard InChI is InChI=1S/C8H16F2O3S/c9-8(10)6-4-2-1-3-5-7-14(11,12)13/h8H,1-7H2,(H,11,12,13). The largest absolute Gasteiger partial charge is 0.286 e. The first-order valence-corrected chi connectivity index (χ1v) is 6.26. The third kappa shape index (κ3) is 11.8. The molecular formula is C8H16F2O3S. The summed E-state index contributed by atoms with van der Waals surface area (Å²) in [6.07, 6.45) is 0.629. The monoisotopic (exact) mass is 230 g/mol. The van der Waals surface area contributed by atoms with Crippen LogP contribution in [0.15, 0.2) is 0 Å². The molecule has 0 radical (unpaired) electrons. The van der Waals surface area contributed by atoms with Crippen LogP contribution in [0.4, 0.5) is 8.78 Å². The molecule has 14 heavy (non-hydrogen) atoms. The molecule has 0 saturated heterocycles. The molecule has 0 aromatic heterocycles. The van der Waals surface area contributed by atoms with E-state index in [2.05, 4.69) is 0 Å². The van der Waals surface area contributed by atoms with E-state index in [1.54, 1.807) is 0 Å². The van der Waals surface area contributed by atoms with Crippen LogP contribution in [0.1, 0.15) is 38.5 Å². The highest BCUT2D eigenvalue weighted by molar-refractivity contribution is 7.85. The van der Waals surface area contributed by atoms with Gasteiger partial charge in [-0.25, -0.2) is 8.78 Å². The summed E-state index contributed by atoms with van der Waals surface area (Å²) < 4.78 is 52.2. The van der Waals surface area contributed by atoms with E-state index < -0.39 is 16.5 Å². The molecule has 0 aliphatic rings. The summed E-state index contributed by atoms with van der Waals surface area (Å²) in [6.45, 7) is 0. The van der Waals surface area contributed by atoms with E-state index in [9.17, 15) is 17.2 Å². The third-order valence-corrected chi connectivity index (χ3v) is 2.63. The Kier molecular flexibility index (Phi) is 7.00. The first-order chi connectivity index (χ1) is 6.42. The quantitative estimate of drug-likeness (QED) is 0.515. The Morgan fingerprint density at radius 1 is 1.00 bits per heavy atom. The third-order valence-electron chi connectivity index (χ3n) is 1.82. The van der Waals surface area contributed by atoms with Crippen molar-refractivity contribution in [2.24, 2.45) is 0 Å². The van der Waals surface area contributed by atoms with Gasteiger partial charge in [-0.3, -0.25) is 4.55 Å². The van der Waals surface area contributed by atoms with Crippen molar-refractivity contribution < 1.29 is 21.8 Å². The van der Waals surface area contributed by atoms with Crippen molar-refractivity contribution in [2.75, 3.05) is 5.75 Å². The Morgan fingerprint density at radius 2 is 1.50 bits per heavy atom. The SMILES string of the molecule is O=S(=O)(O)CCCCCCCC(F)F. The van der Waals surface area contributed by atoms with Crippen molar-refractivity contribution in [3.8, 4) is 0 Å². The number of rotatable bonds is 8. The van der Waals surface area contributed by atoms with E-state index in [1.807, 2.05) is 0 Å². The zero-order valence-electron chi connectivity index (χ0n) is 7.95. The van der Waals surface area contributed by atoms with Crippen LogP contribution in [0.2, 0.25) is 0 Å². The first-order valence-electron chi connectivity index (χ1n) is 4.65. The lowest BCUT2D eigenvalue weighted by atomic mass is 10.1. The van der Waals surface area contributed by atoms with E-state index in [-0.39, 0.29) is 12.2 Å². The fourth-order valence-corrected chi connectivity index (χ4v) is 1.68. The molecule has 0 spiro atoms. The zero-order valence-corrected chi connectivity index (χ0v) is 8.77. The number of hydrogen-bond donors (Lipinski definition) is 1. The molecule has 6 heteroatoms. The van der Waals surface area contributed by atoms with Gasteiger partial charge in [0.25, 0.3) is 10.1 Å². The predicted molar refractivity (Wildman–Crippen MR) is 50.1 cm³/mol. The molecule has 0 bridgehead atoms. The Balaban J connectivity index is 3.15. The minimum Gasteiger partial charge on any atom is -0.286 e. The maximum absolute atomic E-state index is 11.7. The minimum atomic E-state index is -3.85. The van der Waals surface area contributed by atoms with Gasteiger partial charge in [-0.15, -0.1) is 0 Å². The van der Waals surface area contributed by atoms with E-state index in [4.69, 9.17) is 4.55 Å². The van der Waals surface area contributed by atoms with Crippen LogP contribution >= 0.6 is 0 Å². The van der Waals surface area contributed by atoms with Crippen molar-refractivity contribution in [2.45, 2.75) is 45.0 Å². The smallest absolute Gasteiger partial charge is 0.264 e. The molecule has 1 N–H and O–H groups in total. The highest BCUT2D eigenvalue weighted by Crippen LogP contribution is 2.10. The fraction of sp³-hybridized carbons (Fsp3) is 1.00. The van der Waals surface area contributed by atoms with Crippen LogP contribution in [0.25, 0.3) is 0 Å². The number of unbranched alkanes of at least 4 members (excludes halogenated alkanes) is 4. The van der Waals surface area contributed by atoms with Gasteiger partial charge in [0, 0.05) is 6.42 Å². The van der Waals surface area contributed by atoms with Gasteiger partial charge in [0.1, 0.15) is 0 Å². The van der Waals surface area contributed by atoms with Gasteiger partial charge in [0.05, 0.1) is 5.75 Å². The van der Waals surface area contributed by atoms with Crippen molar-refractivity contribution in [3.05, 3.63) is 0 Å². The molecule has 0 unspecified atom stereocenters. The second-order valence-electron chi connectivity index (χ2n) is 3.23. The van der Waals surface area contributed by atoms with E-state index >= 15 is 0 Å². The van der Waals surface area contributed by atoms with E-state index in [0.717, 1.165) is 6.42 Å². The summed E-state index contributed by atoms with van der Waals surface area (Å²) in [6, 6.07) is 0. The van der Waals surface area contributed by atoms with Crippen LogP contribution in [0, 0.1) is 0 Å². The topological polar surface area (TPSA) is 54.4 Å². The molecule has 0 saturated carbocycles. The molecule has 0 fully saturated rings. The predicted octanol–water partition coefficient (Wildman–Crippen LogP) is 2.48. The van der Waals surface area contributed by atoms with Gasteiger partial charge in [-0.1, -0.05) is 19.3 Å². The molecule has 0 rings (SSSR count). The maximum atomic E-state index is 11.7. The van der Waals surface area contributed by atoms with Crippen LogP contribution in [-0.2, 0) is 10.1 Å². The van der Waals surface area contributed by atoms with Crippen molar-refractivity contribution >= 4 is 10.1 Å². The molecule has 0 heterocycles. The van der Waals surface area contributed by atoms with Gasteiger partial charge in [0.2, 0.25) is 6.43 Å². The molecule has 0 aromatic carbocycles. The lowest BCUT2D eigenvalue weighted by Gasteiger charge is -2.00. The molecule has 86 valence electrons.